The summed E-state index contributed by atoms with van der Waals surface area (Å²) in [5.74, 6) is -2.03. The first-order chi connectivity index (χ1) is 45.6. The largest absolute Gasteiger partial charge is 0.477 e. The lowest BCUT2D eigenvalue weighted by molar-refractivity contribution is -0.870. The minimum absolute atomic E-state index is 0.179. The molecule has 0 aliphatic heterocycles. The van der Waals surface area contributed by atoms with Crippen molar-refractivity contribution in [2.24, 2.45) is 0 Å². The Morgan fingerprint density at radius 1 is 0.323 bits per heavy atom. The van der Waals surface area contributed by atoms with Crippen LogP contribution in [-0.4, -0.2) is 87.4 Å². The Hall–Kier alpha value is -4.57. The van der Waals surface area contributed by atoms with Crippen LogP contribution >= 0.6 is 0 Å². The number of nitrogens with zero attached hydrogens (tertiary/aromatic N) is 1. The Morgan fingerprint density at radius 2 is 0.581 bits per heavy atom. The SMILES string of the molecule is CC/C=C\C/C=C\C/C=C\C/C=C\C/C=C\C/C=C\C/C=C\CCCCCCCC(=O)OC(COC(=O)CCCCCCCCCCCCCCCCCCCCCCCCCCCCCC/C=C\C/C=C\C/C=C\C/C=C\CC)COC(OCC[N+](C)(C)C)C(=O)O. The summed E-state index contributed by atoms with van der Waals surface area (Å²) >= 11 is 0. The number of carboxylic acid groups (broad SMARTS) is 1. The summed E-state index contributed by atoms with van der Waals surface area (Å²) in [5.41, 5.74) is 0. The molecule has 0 radical (unpaired) electrons. The molecule has 9 heteroatoms. The number of allylic oxidation sites excluding steroid dienone is 22. The molecular formula is C84H144NO8+. The monoisotopic (exact) mass is 1300 g/mol. The van der Waals surface area contributed by atoms with Crippen LogP contribution in [0.15, 0.2) is 134 Å². The molecule has 9 nitrogen and oxygen atoms in total. The highest BCUT2D eigenvalue weighted by Gasteiger charge is 2.25. The number of carboxylic acids is 1. The highest BCUT2D eigenvalue weighted by atomic mass is 16.7. The standard InChI is InChI=1S/C84H143NO8/c1-6-8-10-12-14-16-18-20-22-24-26-28-30-32-34-35-36-37-38-39-40-41-42-43-44-45-46-47-49-50-52-54-56-58-60-62-64-66-68-70-72-74-81(86)91-78-80(79-92-84(83(88)89)90-77-76-85(3,4)5)93-82(87)75-73-71-69-67-65-63-61-59-57-55-53-51-48-33-31-29-27-25-23-21-19-17-15-13-11-9-7-2/h8-11,14-17,20-23,26-29,33,48,53,55,59,61,80,84H,6-7,12-13,18-19,24-25,30-32,34-47,49-52,54,56-58,60,62-79H2,1-5H3/p+1/b10-8-,11-9-,16-14-,17-15-,22-20-,23-21-,28-26-,29-27-,48-33-,55-53-,61-59-. The number of hydrogen-bond donors (Lipinski definition) is 1. The number of aliphatic carboxylic acids is 1. The van der Waals surface area contributed by atoms with E-state index < -0.39 is 24.3 Å². The molecule has 0 heterocycles. The van der Waals surface area contributed by atoms with Crippen LogP contribution in [0.1, 0.15) is 322 Å². The molecule has 532 valence electrons. The third-order valence-electron chi connectivity index (χ3n) is 16.4. The van der Waals surface area contributed by atoms with E-state index in [1.165, 1.54) is 167 Å². The normalized spacial score (nSPS) is 13.4. The van der Waals surface area contributed by atoms with Crippen molar-refractivity contribution in [1.82, 2.24) is 0 Å². The predicted molar refractivity (Wildman–Crippen MR) is 401 cm³/mol. The molecule has 0 fully saturated rings. The Morgan fingerprint density at radius 3 is 0.860 bits per heavy atom. The van der Waals surface area contributed by atoms with Gasteiger partial charge in [0.1, 0.15) is 13.2 Å². The number of rotatable bonds is 70. The fraction of sp³-hybridized carbons (Fsp3) is 0.702. The smallest absolute Gasteiger partial charge is 0.361 e. The molecule has 0 amide bonds. The highest BCUT2D eigenvalue weighted by molar-refractivity contribution is 5.71. The number of unbranched alkanes of at least 4 members (excludes halogenated alkanes) is 33. The summed E-state index contributed by atoms with van der Waals surface area (Å²) in [6.45, 7) is 4.65. The van der Waals surface area contributed by atoms with E-state index >= 15 is 0 Å². The van der Waals surface area contributed by atoms with Gasteiger partial charge < -0.3 is 28.5 Å². The lowest BCUT2D eigenvalue weighted by Gasteiger charge is -2.25. The van der Waals surface area contributed by atoms with E-state index in [4.69, 9.17) is 18.9 Å². The molecule has 0 saturated heterocycles. The van der Waals surface area contributed by atoms with Crippen LogP contribution in [-0.2, 0) is 33.3 Å². The first-order valence-corrected chi connectivity index (χ1v) is 38.3. The maximum Gasteiger partial charge on any atom is 0.361 e. The van der Waals surface area contributed by atoms with Crippen LogP contribution in [0, 0.1) is 0 Å². The zero-order chi connectivity index (χ0) is 67.5. The van der Waals surface area contributed by atoms with Crippen molar-refractivity contribution in [3.8, 4) is 0 Å². The molecule has 2 unspecified atom stereocenters. The minimum Gasteiger partial charge on any atom is -0.477 e. The Balaban J connectivity index is 4.02. The lowest BCUT2D eigenvalue weighted by Crippen LogP contribution is -2.40. The van der Waals surface area contributed by atoms with E-state index in [0.717, 1.165) is 122 Å². The quantitative estimate of drug-likeness (QED) is 0.0211. The topological polar surface area (TPSA) is 108 Å². The number of carbonyl (C=O) groups is 3. The van der Waals surface area contributed by atoms with Crippen LogP contribution in [0.3, 0.4) is 0 Å². The van der Waals surface area contributed by atoms with Crippen molar-refractivity contribution >= 4 is 17.9 Å². The molecule has 0 aromatic heterocycles. The van der Waals surface area contributed by atoms with E-state index in [1.807, 2.05) is 21.1 Å². The van der Waals surface area contributed by atoms with Crippen LogP contribution in [0.25, 0.3) is 0 Å². The van der Waals surface area contributed by atoms with Gasteiger partial charge in [0.25, 0.3) is 6.29 Å². The summed E-state index contributed by atoms with van der Waals surface area (Å²) in [4.78, 5) is 37.7. The Labute approximate surface area is 573 Å². The second kappa shape index (κ2) is 73.2. The summed E-state index contributed by atoms with van der Waals surface area (Å²) < 4.78 is 23.0. The van der Waals surface area contributed by atoms with Crippen molar-refractivity contribution in [2.75, 3.05) is 47.5 Å². The van der Waals surface area contributed by atoms with E-state index in [9.17, 15) is 19.5 Å². The molecule has 0 aliphatic rings. The van der Waals surface area contributed by atoms with Crippen LogP contribution in [0.5, 0.6) is 0 Å². The summed E-state index contributed by atoms with van der Waals surface area (Å²) in [7, 11) is 5.97. The summed E-state index contributed by atoms with van der Waals surface area (Å²) in [6, 6.07) is 0. The van der Waals surface area contributed by atoms with Gasteiger partial charge in [-0.25, -0.2) is 4.79 Å². The van der Waals surface area contributed by atoms with Gasteiger partial charge in [0.2, 0.25) is 0 Å². The molecule has 0 aromatic carbocycles. The molecule has 0 rings (SSSR count). The molecule has 0 bridgehead atoms. The van der Waals surface area contributed by atoms with E-state index in [1.54, 1.807) is 0 Å². The van der Waals surface area contributed by atoms with Gasteiger partial charge in [-0.2, -0.15) is 0 Å². The van der Waals surface area contributed by atoms with Crippen molar-refractivity contribution < 1.29 is 42.9 Å². The molecule has 0 spiro atoms. The van der Waals surface area contributed by atoms with Gasteiger partial charge in [-0.3, -0.25) is 9.59 Å². The first-order valence-electron chi connectivity index (χ1n) is 38.3. The van der Waals surface area contributed by atoms with Gasteiger partial charge in [0.15, 0.2) is 6.10 Å². The maximum absolute atomic E-state index is 13.0. The zero-order valence-electron chi connectivity index (χ0n) is 60.9. The second-order valence-electron chi connectivity index (χ2n) is 26.6. The van der Waals surface area contributed by atoms with Gasteiger partial charge in [0.05, 0.1) is 34.4 Å². The number of ether oxygens (including phenoxy) is 4. The van der Waals surface area contributed by atoms with Gasteiger partial charge in [-0.1, -0.05) is 334 Å². The third kappa shape index (κ3) is 74.7. The molecule has 0 saturated carbocycles. The molecule has 2 atom stereocenters. The fourth-order valence-corrected chi connectivity index (χ4v) is 10.6. The zero-order valence-corrected chi connectivity index (χ0v) is 60.9. The minimum atomic E-state index is -1.52. The summed E-state index contributed by atoms with van der Waals surface area (Å²) in [5, 5.41) is 9.76. The van der Waals surface area contributed by atoms with Crippen molar-refractivity contribution in [2.45, 2.75) is 334 Å². The predicted octanol–water partition coefficient (Wildman–Crippen LogP) is 24.5. The Bertz CT molecular complexity index is 2000. The number of likely N-dealkylation sites (N-methyl/N-ethyl adjacent to an activating group) is 1. The van der Waals surface area contributed by atoms with Crippen LogP contribution in [0.4, 0.5) is 0 Å². The number of hydrogen-bond acceptors (Lipinski definition) is 7. The van der Waals surface area contributed by atoms with Crippen molar-refractivity contribution in [3.05, 3.63) is 134 Å². The number of esters is 2. The molecule has 0 aliphatic carbocycles. The van der Waals surface area contributed by atoms with Crippen molar-refractivity contribution in [1.29, 1.82) is 0 Å². The summed E-state index contributed by atoms with van der Waals surface area (Å²) in [6.07, 6.45) is 103. The Kier molecular flexibility index (Phi) is 69.6. The average molecular weight is 1300 g/mol. The van der Waals surface area contributed by atoms with Gasteiger partial charge in [0, 0.05) is 12.8 Å². The number of carbonyl (C=O) groups excluding carboxylic acids is 2. The lowest BCUT2D eigenvalue weighted by atomic mass is 10.0. The molecule has 93 heavy (non-hydrogen) atoms. The van der Waals surface area contributed by atoms with Gasteiger partial charge in [-0.15, -0.1) is 0 Å². The fourth-order valence-electron chi connectivity index (χ4n) is 10.6. The molecule has 0 aromatic rings. The van der Waals surface area contributed by atoms with Crippen molar-refractivity contribution in [3.63, 3.8) is 0 Å². The van der Waals surface area contributed by atoms with Crippen LogP contribution < -0.4 is 0 Å². The third-order valence-corrected chi connectivity index (χ3v) is 16.4. The molecular weight excluding hydrogens is 1150 g/mol. The second-order valence-corrected chi connectivity index (χ2v) is 26.6. The van der Waals surface area contributed by atoms with E-state index in [0.29, 0.717) is 23.9 Å². The highest BCUT2D eigenvalue weighted by Crippen LogP contribution is 2.18. The van der Waals surface area contributed by atoms with Crippen LogP contribution in [0.2, 0.25) is 0 Å². The number of quaternary nitrogens is 1. The first kappa shape index (κ1) is 88.4. The van der Waals surface area contributed by atoms with E-state index in [2.05, 4.69) is 148 Å². The molecule has 1 N–H and O–H groups in total. The average Bonchev–Trinajstić information content (AvgIpc) is 3.38. The maximum atomic E-state index is 13.0. The van der Waals surface area contributed by atoms with Gasteiger partial charge >= 0.3 is 17.9 Å². The van der Waals surface area contributed by atoms with Gasteiger partial charge in [-0.05, 0) is 109 Å². The van der Waals surface area contributed by atoms with E-state index in [-0.39, 0.29) is 32.2 Å².